The summed E-state index contributed by atoms with van der Waals surface area (Å²) in [5, 5.41) is 1.00. The minimum absolute atomic E-state index is 0.200. The number of nitrogens with zero attached hydrogens (tertiary/aromatic N) is 1. The summed E-state index contributed by atoms with van der Waals surface area (Å²) in [4.78, 5) is 47.4. The normalized spacial score (nSPS) is 24.8. The Bertz CT molecular complexity index is 2020. The van der Waals surface area contributed by atoms with Crippen molar-refractivity contribution in [1.82, 2.24) is 0 Å². The summed E-state index contributed by atoms with van der Waals surface area (Å²) in [5.41, 5.74) is 2.71. The van der Waals surface area contributed by atoms with Crippen LogP contribution in [-0.2, 0) is 25.2 Å². The highest BCUT2D eigenvalue weighted by Crippen LogP contribution is 2.74. The summed E-state index contributed by atoms with van der Waals surface area (Å²) in [6, 6.07) is 39.2. The summed E-state index contributed by atoms with van der Waals surface area (Å²) in [6.07, 6.45) is 0. The fourth-order valence-corrected chi connectivity index (χ4v) is 8.95. The lowest BCUT2D eigenvalue weighted by Gasteiger charge is -2.39. The second kappa shape index (κ2) is 10.9. The SMILES string of the molecule is Cc1ccc(N2C(=O)[C@H]3[C@H](C2=O)[C@@]2(c4ccc(Cl)cc4)C(=O)[C@@]3(c3ccc(Cl)cc3)C(c3ccccc3)=C2c2ccccc2)cc1Br. The fourth-order valence-electron chi connectivity index (χ4n) is 8.33. The maximum Gasteiger partial charge on any atom is 0.239 e. The van der Waals surface area contributed by atoms with Crippen LogP contribution in [0.1, 0.15) is 27.8 Å². The predicted octanol–water partition coefficient (Wildman–Crippen LogP) is 9.25. The summed E-state index contributed by atoms with van der Waals surface area (Å²) in [6.45, 7) is 1.95. The van der Waals surface area contributed by atoms with Gasteiger partial charge >= 0.3 is 0 Å². The number of amides is 2. The maximum atomic E-state index is 16.0. The van der Waals surface area contributed by atoms with E-state index in [1.54, 1.807) is 36.4 Å². The number of ketones is 1. The molecule has 47 heavy (non-hydrogen) atoms. The summed E-state index contributed by atoms with van der Waals surface area (Å²) in [7, 11) is 0. The highest BCUT2D eigenvalue weighted by Gasteiger charge is 2.82. The molecule has 2 aliphatic carbocycles. The second-order valence-corrected chi connectivity index (χ2v) is 14.1. The Morgan fingerprint density at radius 1 is 0.596 bits per heavy atom. The van der Waals surface area contributed by atoms with Crippen LogP contribution in [0.25, 0.3) is 11.1 Å². The summed E-state index contributed by atoms with van der Waals surface area (Å²) in [5.74, 6) is -3.07. The first-order valence-electron chi connectivity index (χ1n) is 15.3. The summed E-state index contributed by atoms with van der Waals surface area (Å²) >= 11 is 16.4. The number of hydrogen-bond acceptors (Lipinski definition) is 3. The van der Waals surface area contributed by atoms with Crippen LogP contribution in [0.4, 0.5) is 5.69 Å². The Labute approximate surface area is 290 Å². The van der Waals surface area contributed by atoms with E-state index in [0.717, 1.165) is 32.3 Å². The third kappa shape index (κ3) is 3.97. The van der Waals surface area contributed by atoms with Gasteiger partial charge in [-0.15, -0.1) is 0 Å². The maximum absolute atomic E-state index is 16.0. The van der Waals surface area contributed by atoms with Crippen LogP contribution in [0.2, 0.25) is 10.0 Å². The Hall–Kier alpha value is -4.29. The smallest absolute Gasteiger partial charge is 0.239 e. The van der Waals surface area contributed by atoms with Crippen molar-refractivity contribution in [2.75, 3.05) is 4.90 Å². The van der Waals surface area contributed by atoms with Gasteiger partial charge in [0.15, 0.2) is 5.78 Å². The molecule has 0 aromatic heterocycles. The molecule has 5 aromatic carbocycles. The van der Waals surface area contributed by atoms with Crippen molar-refractivity contribution >= 4 is 73.6 Å². The zero-order valence-corrected chi connectivity index (χ0v) is 28.2. The molecular weight excluding hydrogens is 693 g/mol. The van der Waals surface area contributed by atoms with Gasteiger partial charge in [0.1, 0.15) is 0 Å². The quantitative estimate of drug-likeness (QED) is 0.170. The Kier molecular flexibility index (Phi) is 6.96. The Morgan fingerprint density at radius 2 is 1.02 bits per heavy atom. The number of imide groups is 1. The number of Topliss-reactive ketones (excluding diaryl/α,β-unsaturated/α-hetero) is 1. The van der Waals surface area contributed by atoms with E-state index in [2.05, 4.69) is 15.9 Å². The largest absolute Gasteiger partial charge is 0.297 e. The van der Waals surface area contributed by atoms with Crippen LogP contribution < -0.4 is 4.90 Å². The average Bonchev–Trinajstić information content (AvgIpc) is 3.59. The number of aryl methyl sites for hydroxylation is 1. The van der Waals surface area contributed by atoms with Gasteiger partial charge in [0.2, 0.25) is 11.8 Å². The molecule has 1 saturated heterocycles. The topological polar surface area (TPSA) is 54.5 Å². The average molecular weight is 719 g/mol. The van der Waals surface area contributed by atoms with Crippen molar-refractivity contribution < 1.29 is 14.4 Å². The third-order valence-electron chi connectivity index (χ3n) is 10.1. The molecule has 2 bridgehead atoms. The molecule has 230 valence electrons. The zero-order chi connectivity index (χ0) is 32.7. The van der Waals surface area contributed by atoms with Crippen LogP contribution in [0, 0.1) is 18.8 Å². The van der Waals surface area contributed by atoms with E-state index >= 15 is 14.4 Å². The minimum Gasteiger partial charge on any atom is -0.297 e. The molecule has 8 rings (SSSR count). The van der Waals surface area contributed by atoms with Gasteiger partial charge in [-0.3, -0.25) is 14.4 Å². The summed E-state index contributed by atoms with van der Waals surface area (Å²) < 4.78 is 0.777. The van der Waals surface area contributed by atoms with Gasteiger partial charge in [0.05, 0.1) is 28.4 Å². The van der Waals surface area contributed by atoms with E-state index < -0.39 is 34.5 Å². The van der Waals surface area contributed by atoms with E-state index in [1.807, 2.05) is 97.9 Å². The number of fused-ring (bicyclic) bond motifs is 5. The lowest BCUT2D eigenvalue weighted by Crippen LogP contribution is -2.45. The van der Waals surface area contributed by atoms with Crippen molar-refractivity contribution in [3.05, 3.63) is 170 Å². The first-order valence-corrected chi connectivity index (χ1v) is 16.8. The number of anilines is 1. The molecule has 2 fully saturated rings. The minimum atomic E-state index is -1.51. The monoisotopic (exact) mass is 717 g/mol. The third-order valence-corrected chi connectivity index (χ3v) is 11.5. The molecule has 1 aliphatic heterocycles. The van der Waals surface area contributed by atoms with Crippen LogP contribution in [-0.4, -0.2) is 17.6 Å². The van der Waals surface area contributed by atoms with Gasteiger partial charge in [0.25, 0.3) is 0 Å². The van der Waals surface area contributed by atoms with Crippen LogP contribution >= 0.6 is 39.1 Å². The first-order chi connectivity index (χ1) is 22.7. The molecule has 4 atom stereocenters. The number of allylic oxidation sites excluding steroid dienone is 2. The van der Waals surface area contributed by atoms with Gasteiger partial charge in [-0.2, -0.15) is 0 Å². The van der Waals surface area contributed by atoms with Crippen molar-refractivity contribution in [2.45, 2.75) is 17.8 Å². The number of carbonyl (C=O) groups is 3. The van der Waals surface area contributed by atoms with Gasteiger partial charge < -0.3 is 0 Å². The molecule has 0 unspecified atom stereocenters. The fraction of sp³-hybridized carbons (Fsp3) is 0.125. The van der Waals surface area contributed by atoms with Gasteiger partial charge in [-0.05, 0) is 82.3 Å². The van der Waals surface area contributed by atoms with Gasteiger partial charge in [-0.25, -0.2) is 4.90 Å². The second-order valence-electron chi connectivity index (χ2n) is 12.3. The van der Waals surface area contributed by atoms with Crippen molar-refractivity contribution in [3.63, 3.8) is 0 Å². The number of hydrogen-bond donors (Lipinski definition) is 0. The molecule has 3 aliphatic rings. The Morgan fingerprint density at radius 3 is 1.43 bits per heavy atom. The van der Waals surface area contributed by atoms with E-state index in [9.17, 15) is 0 Å². The van der Waals surface area contributed by atoms with E-state index in [4.69, 9.17) is 23.2 Å². The molecule has 7 heteroatoms. The van der Waals surface area contributed by atoms with E-state index in [1.165, 1.54) is 4.90 Å². The number of benzene rings is 5. The van der Waals surface area contributed by atoms with Gasteiger partial charge in [-0.1, -0.05) is 130 Å². The molecule has 5 aromatic rings. The number of carbonyl (C=O) groups excluding carboxylic acids is 3. The molecule has 4 nitrogen and oxygen atoms in total. The molecule has 0 radical (unpaired) electrons. The number of halogens is 3. The lowest BCUT2D eigenvalue weighted by atomic mass is 9.59. The van der Waals surface area contributed by atoms with Crippen molar-refractivity contribution in [1.29, 1.82) is 0 Å². The van der Waals surface area contributed by atoms with Crippen molar-refractivity contribution in [3.8, 4) is 0 Å². The standard InChI is InChI=1S/C40H26BrCl2NO3/c1-23-12-21-30(22-31(23)41)44-36(45)34-35(37(44)46)40(27-15-19-29(43)20-16-27)33(25-10-6-3-7-11-25)32(24-8-4-2-5-9-24)39(34,38(40)47)26-13-17-28(42)18-14-26/h2-22,34-35H,1H3/t34-,35-,39+,40+/m1/s1. The van der Waals surface area contributed by atoms with Crippen LogP contribution in [0.5, 0.6) is 0 Å². The van der Waals surface area contributed by atoms with Crippen LogP contribution in [0.3, 0.4) is 0 Å². The highest BCUT2D eigenvalue weighted by atomic mass is 79.9. The van der Waals surface area contributed by atoms with Gasteiger partial charge in [0, 0.05) is 14.5 Å². The molecule has 1 heterocycles. The van der Waals surface area contributed by atoms with Crippen molar-refractivity contribution in [2.24, 2.45) is 11.8 Å². The van der Waals surface area contributed by atoms with E-state index in [-0.39, 0.29) is 5.78 Å². The zero-order valence-electron chi connectivity index (χ0n) is 25.1. The molecule has 2 amide bonds. The Balaban J connectivity index is 1.55. The number of rotatable bonds is 5. The molecular formula is C40H26BrCl2NO3. The highest BCUT2D eigenvalue weighted by molar-refractivity contribution is 9.10. The van der Waals surface area contributed by atoms with Crippen LogP contribution in [0.15, 0.2) is 132 Å². The van der Waals surface area contributed by atoms with E-state index in [0.29, 0.717) is 26.9 Å². The first kappa shape index (κ1) is 30.1. The molecule has 0 spiro atoms. The predicted molar refractivity (Wildman–Crippen MR) is 189 cm³/mol. The lowest BCUT2D eigenvalue weighted by molar-refractivity contribution is -0.130. The molecule has 0 N–H and O–H groups in total. The molecule has 1 saturated carbocycles.